The first kappa shape index (κ1) is 13.9. The average Bonchev–Trinajstić information content (AvgIpc) is 2.34. The van der Waals surface area contributed by atoms with Crippen LogP contribution in [0.25, 0.3) is 0 Å². The normalized spacial score (nSPS) is 11.8. The maximum Gasteiger partial charge on any atom is 0.306 e. The van der Waals surface area contributed by atoms with E-state index in [9.17, 15) is 14.7 Å². The SMILES string of the molecule is COC(CNC(=O)c1ncccc1O)CC(=O)O. The lowest BCUT2D eigenvalue weighted by atomic mass is 10.2. The summed E-state index contributed by atoms with van der Waals surface area (Å²) in [5.41, 5.74) is -0.109. The molecule has 0 aliphatic rings. The molecule has 1 atom stereocenters. The second-order valence-corrected chi connectivity index (χ2v) is 3.54. The Labute approximate surface area is 103 Å². The second-order valence-electron chi connectivity index (χ2n) is 3.54. The molecule has 0 spiro atoms. The molecule has 0 aliphatic carbocycles. The molecule has 0 aliphatic heterocycles. The van der Waals surface area contributed by atoms with Gasteiger partial charge in [-0.3, -0.25) is 9.59 Å². The van der Waals surface area contributed by atoms with E-state index in [-0.39, 0.29) is 24.4 Å². The Bertz CT molecular complexity index is 435. The van der Waals surface area contributed by atoms with Gasteiger partial charge >= 0.3 is 5.97 Å². The molecule has 0 saturated heterocycles. The van der Waals surface area contributed by atoms with E-state index in [1.165, 1.54) is 25.4 Å². The number of aromatic nitrogens is 1. The predicted molar refractivity (Wildman–Crippen MR) is 61.3 cm³/mol. The fourth-order valence-corrected chi connectivity index (χ4v) is 1.30. The first-order valence-corrected chi connectivity index (χ1v) is 5.21. The Morgan fingerprint density at radius 1 is 1.56 bits per heavy atom. The smallest absolute Gasteiger partial charge is 0.306 e. The van der Waals surface area contributed by atoms with Crippen molar-refractivity contribution in [1.82, 2.24) is 10.3 Å². The summed E-state index contributed by atoms with van der Waals surface area (Å²) < 4.78 is 4.90. The average molecular weight is 254 g/mol. The Balaban J connectivity index is 2.55. The van der Waals surface area contributed by atoms with Crippen LogP contribution in [-0.2, 0) is 9.53 Å². The van der Waals surface area contributed by atoms with Crippen molar-refractivity contribution in [2.45, 2.75) is 12.5 Å². The van der Waals surface area contributed by atoms with Crippen LogP contribution in [0.5, 0.6) is 5.75 Å². The lowest BCUT2D eigenvalue weighted by molar-refractivity contribution is -0.139. The predicted octanol–water partition coefficient (Wildman–Crippen LogP) is 0.00670. The van der Waals surface area contributed by atoms with Gasteiger partial charge in [-0.2, -0.15) is 0 Å². The number of aromatic hydroxyl groups is 1. The molecule has 1 rings (SSSR count). The van der Waals surface area contributed by atoms with E-state index >= 15 is 0 Å². The van der Waals surface area contributed by atoms with Crippen LogP contribution >= 0.6 is 0 Å². The van der Waals surface area contributed by atoms with Crippen LogP contribution in [0.3, 0.4) is 0 Å². The van der Waals surface area contributed by atoms with E-state index < -0.39 is 18.0 Å². The topological polar surface area (TPSA) is 109 Å². The van der Waals surface area contributed by atoms with Crippen molar-refractivity contribution >= 4 is 11.9 Å². The maximum absolute atomic E-state index is 11.6. The summed E-state index contributed by atoms with van der Waals surface area (Å²) >= 11 is 0. The maximum atomic E-state index is 11.6. The van der Waals surface area contributed by atoms with Crippen LogP contribution in [0.2, 0.25) is 0 Å². The van der Waals surface area contributed by atoms with Crippen LogP contribution < -0.4 is 5.32 Å². The molecule has 1 amide bonds. The molecule has 0 bridgehead atoms. The zero-order chi connectivity index (χ0) is 13.5. The molecule has 3 N–H and O–H groups in total. The van der Waals surface area contributed by atoms with Gasteiger partial charge in [0.1, 0.15) is 5.75 Å². The summed E-state index contributed by atoms with van der Waals surface area (Å²) in [4.78, 5) is 25.9. The Morgan fingerprint density at radius 2 is 2.28 bits per heavy atom. The van der Waals surface area contributed by atoms with Crippen LogP contribution in [0.15, 0.2) is 18.3 Å². The van der Waals surface area contributed by atoms with Gasteiger partial charge in [0.15, 0.2) is 5.69 Å². The molecule has 7 nitrogen and oxygen atoms in total. The van der Waals surface area contributed by atoms with Crippen LogP contribution in [0, 0.1) is 0 Å². The number of pyridine rings is 1. The highest BCUT2D eigenvalue weighted by molar-refractivity contribution is 5.94. The standard InChI is InChI=1S/C11H14N2O5/c1-18-7(5-9(15)16)6-13-11(17)10-8(14)3-2-4-12-10/h2-4,7,14H,5-6H2,1H3,(H,13,17)(H,15,16). The highest BCUT2D eigenvalue weighted by Crippen LogP contribution is 2.11. The van der Waals surface area contributed by atoms with Gasteiger partial charge in [-0.25, -0.2) is 4.98 Å². The van der Waals surface area contributed by atoms with Gasteiger partial charge < -0.3 is 20.3 Å². The van der Waals surface area contributed by atoms with Crippen molar-refractivity contribution in [3.05, 3.63) is 24.0 Å². The third-order valence-corrected chi connectivity index (χ3v) is 2.23. The molecule has 0 aromatic carbocycles. The molecular formula is C11H14N2O5. The number of carbonyl (C=O) groups excluding carboxylic acids is 1. The van der Waals surface area contributed by atoms with Gasteiger partial charge in [0, 0.05) is 19.9 Å². The third kappa shape index (κ3) is 4.02. The number of nitrogens with zero attached hydrogens (tertiary/aromatic N) is 1. The number of ether oxygens (including phenoxy) is 1. The number of hydrogen-bond acceptors (Lipinski definition) is 5. The molecular weight excluding hydrogens is 240 g/mol. The van der Waals surface area contributed by atoms with Gasteiger partial charge in [0.05, 0.1) is 12.5 Å². The Kier molecular flexibility index (Phi) is 5.06. The summed E-state index contributed by atoms with van der Waals surface area (Å²) in [5.74, 6) is -1.83. The minimum absolute atomic E-state index is 0.0254. The summed E-state index contributed by atoms with van der Waals surface area (Å²) in [6.45, 7) is 0.0254. The van der Waals surface area contributed by atoms with Crippen molar-refractivity contribution in [2.75, 3.05) is 13.7 Å². The van der Waals surface area contributed by atoms with E-state index in [0.29, 0.717) is 0 Å². The van der Waals surface area contributed by atoms with Gasteiger partial charge in [0.2, 0.25) is 0 Å². The molecule has 1 aromatic rings. The van der Waals surface area contributed by atoms with Gasteiger partial charge in [-0.15, -0.1) is 0 Å². The van der Waals surface area contributed by atoms with Gasteiger partial charge in [0.25, 0.3) is 5.91 Å². The quantitative estimate of drug-likeness (QED) is 0.659. The number of carboxylic acid groups (broad SMARTS) is 1. The molecule has 7 heteroatoms. The first-order chi connectivity index (χ1) is 8.54. The van der Waals surface area contributed by atoms with Crippen molar-refractivity contribution in [1.29, 1.82) is 0 Å². The second kappa shape index (κ2) is 6.55. The van der Waals surface area contributed by atoms with E-state index in [4.69, 9.17) is 9.84 Å². The third-order valence-electron chi connectivity index (χ3n) is 2.23. The number of carboxylic acids is 1. The minimum Gasteiger partial charge on any atom is -0.505 e. The zero-order valence-electron chi connectivity index (χ0n) is 9.79. The minimum atomic E-state index is -1.02. The van der Waals surface area contributed by atoms with Gasteiger partial charge in [-0.05, 0) is 12.1 Å². The number of rotatable bonds is 6. The van der Waals surface area contributed by atoms with E-state index in [1.807, 2.05) is 0 Å². The summed E-state index contributed by atoms with van der Waals surface area (Å²) in [7, 11) is 1.36. The summed E-state index contributed by atoms with van der Waals surface area (Å²) in [6.07, 6.45) is 0.530. The first-order valence-electron chi connectivity index (χ1n) is 5.21. The summed E-state index contributed by atoms with van der Waals surface area (Å²) in [6, 6.07) is 2.83. The largest absolute Gasteiger partial charge is 0.505 e. The number of aliphatic carboxylic acids is 1. The fourth-order valence-electron chi connectivity index (χ4n) is 1.30. The van der Waals surface area contributed by atoms with Crippen molar-refractivity contribution in [2.24, 2.45) is 0 Å². The molecule has 1 aromatic heterocycles. The molecule has 98 valence electrons. The zero-order valence-corrected chi connectivity index (χ0v) is 9.79. The number of methoxy groups -OCH3 is 1. The number of carbonyl (C=O) groups is 2. The highest BCUT2D eigenvalue weighted by atomic mass is 16.5. The highest BCUT2D eigenvalue weighted by Gasteiger charge is 2.16. The van der Waals surface area contributed by atoms with E-state index in [1.54, 1.807) is 0 Å². The molecule has 1 unspecified atom stereocenters. The van der Waals surface area contributed by atoms with Crippen LogP contribution in [0.1, 0.15) is 16.9 Å². The Morgan fingerprint density at radius 3 is 2.83 bits per heavy atom. The van der Waals surface area contributed by atoms with Gasteiger partial charge in [-0.1, -0.05) is 0 Å². The van der Waals surface area contributed by atoms with Crippen molar-refractivity contribution < 1.29 is 24.5 Å². The molecule has 0 radical (unpaired) electrons. The number of nitrogens with one attached hydrogen (secondary N) is 1. The lowest BCUT2D eigenvalue weighted by Gasteiger charge is -2.13. The van der Waals surface area contributed by atoms with Crippen molar-refractivity contribution in [3.8, 4) is 5.75 Å². The monoisotopic (exact) mass is 254 g/mol. The van der Waals surface area contributed by atoms with E-state index in [2.05, 4.69) is 10.3 Å². The number of hydrogen-bond donors (Lipinski definition) is 3. The number of amides is 1. The fraction of sp³-hybridized carbons (Fsp3) is 0.364. The molecule has 1 heterocycles. The molecule has 0 saturated carbocycles. The molecule has 0 fully saturated rings. The van der Waals surface area contributed by atoms with Crippen LogP contribution in [-0.4, -0.2) is 46.8 Å². The molecule has 18 heavy (non-hydrogen) atoms. The van der Waals surface area contributed by atoms with Crippen LogP contribution in [0.4, 0.5) is 0 Å². The summed E-state index contributed by atoms with van der Waals surface area (Å²) in [5, 5.41) is 20.4. The Hall–Kier alpha value is -2.15. The van der Waals surface area contributed by atoms with E-state index in [0.717, 1.165) is 0 Å². The van der Waals surface area contributed by atoms with Crippen molar-refractivity contribution in [3.63, 3.8) is 0 Å². The lowest BCUT2D eigenvalue weighted by Crippen LogP contribution is -2.34.